The summed E-state index contributed by atoms with van der Waals surface area (Å²) in [6.45, 7) is 5.23. The standard InChI is InChI=1S/C20H24N2O3S/c1-15-9-10-16(2)19(13-15)21-26(24,25)18-8-6-7-17(14-18)20(23)22-11-4-3-5-12-22/h6-10,13-14,21H,3-5,11-12H2,1-2H3. The highest BCUT2D eigenvalue weighted by molar-refractivity contribution is 7.92. The van der Waals surface area contributed by atoms with Crippen molar-refractivity contribution in [2.45, 2.75) is 38.0 Å². The molecular weight excluding hydrogens is 348 g/mol. The van der Waals surface area contributed by atoms with Crippen molar-refractivity contribution in [3.63, 3.8) is 0 Å². The summed E-state index contributed by atoms with van der Waals surface area (Å²) in [6, 6.07) is 11.9. The van der Waals surface area contributed by atoms with Crippen molar-refractivity contribution in [2.24, 2.45) is 0 Å². The zero-order valence-electron chi connectivity index (χ0n) is 15.2. The molecule has 3 rings (SSSR count). The first-order valence-corrected chi connectivity index (χ1v) is 10.3. The quantitative estimate of drug-likeness (QED) is 0.889. The highest BCUT2D eigenvalue weighted by Gasteiger charge is 2.21. The first kappa shape index (κ1) is 18.5. The van der Waals surface area contributed by atoms with Gasteiger partial charge in [0.1, 0.15) is 0 Å². The zero-order chi connectivity index (χ0) is 18.7. The van der Waals surface area contributed by atoms with Gasteiger partial charge in [0.15, 0.2) is 0 Å². The SMILES string of the molecule is Cc1ccc(C)c(NS(=O)(=O)c2cccc(C(=O)N3CCCCC3)c2)c1. The van der Waals surface area contributed by atoms with Crippen molar-refractivity contribution in [3.05, 3.63) is 59.2 Å². The van der Waals surface area contributed by atoms with Crippen LogP contribution in [-0.2, 0) is 10.0 Å². The second-order valence-electron chi connectivity index (χ2n) is 6.80. The number of piperidine rings is 1. The van der Waals surface area contributed by atoms with E-state index >= 15 is 0 Å². The average Bonchev–Trinajstić information content (AvgIpc) is 2.65. The van der Waals surface area contributed by atoms with E-state index in [1.807, 2.05) is 26.0 Å². The second kappa shape index (κ2) is 7.50. The molecule has 0 radical (unpaired) electrons. The third-order valence-corrected chi connectivity index (χ3v) is 6.04. The van der Waals surface area contributed by atoms with Gasteiger partial charge in [0.05, 0.1) is 10.6 Å². The number of rotatable bonds is 4. The summed E-state index contributed by atoms with van der Waals surface area (Å²) in [7, 11) is -3.76. The minimum Gasteiger partial charge on any atom is -0.339 e. The van der Waals surface area contributed by atoms with Crippen molar-refractivity contribution in [1.29, 1.82) is 0 Å². The predicted molar refractivity (Wildman–Crippen MR) is 103 cm³/mol. The third kappa shape index (κ3) is 4.07. The number of carbonyl (C=O) groups excluding carboxylic acids is 1. The Balaban J connectivity index is 1.86. The molecule has 0 unspecified atom stereocenters. The fourth-order valence-corrected chi connectivity index (χ4v) is 4.29. The summed E-state index contributed by atoms with van der Waals surface area (Å²) in [5.41, 5.74) is 2.79. The maximum Gasteiger partial charge on any atom is 0.261 e. The van der Waals surface area contributed by atoms with Gasteiger partial charge in [0.2, 0.25) is 0 Å². The number of anilines is 1. The van der Waals surface area contributed by atoms with E-state index < -0.39 is 10.0 Å². The molecule has 1 fully saturated rings. The lowest BCUT2D eigenvalue weighted by atomic mass is 10.1. The molecule has 1 aliphatic rings. The van der Waals surface area contributed by atoms with E-state index in [-0.39, 0.29) is 10.8 Å². The molecule has 5 nitrogen and oxygen atoms in total. The smallest absolute Gasteiger partial charge is 0.261 e. The van der Waals surface area contributed by atoms with Crippen molar-refractivity contribution in [1.82, 2.24) is 4.90 Å². The Morgan fingerprint density at radius 2 is 1.73 bits per heavy atom. The molecule has 1 amide bonds. The maximum absolute atomic E-state index is 12.8. The molecule has 0 aromatic heterocycles. The number of hydrogen-bond acceptors (Lipinski definition) is 3. The fourth-order valence-electron chi connectivity index (χ4n) is 3.13. The lowest BCUT2D eigenvalue weighted by Crippen LogP contribution is -2.35. The average molecular weight is 372 g/mol. The van der Waals surface area contributed by atoms with Crippen LogP contribution in [0.25, 0.3) is 0 Å². The lowest BCUT2D eigenvalue weighted by Gasteiger charge is -2.26. The predicted octanol–water partition coefficient (Wildman–Crippen LogP) is 3.73. The summed E-state index contributed by atoms with van der Waals surface area (Å²) in [4.78, 5) is 14.5. The summed E-state index contributed by atoms with van der Waals surface area (Å²) in [6.07, 6.45) is 3.13. The minimum absolute atomic E-state index is 0.0984. The van der Waals surface area contributed by atoms with E-state index in [4.69, 9.17) is 0 Å². The number of sulfonamides is 1. The Hall–Kier alpha value is -2.34. The van der Waals surface area contributed by atoms with Crippen LogP contribution in [0.1, 0.15) is 40.7 Å². The van der Waals surface area contributed by atoms with Crippen LogP contribution < -0.4 is 4.72 Å². The van der Waals surface area contributed by atoms with Gasteiger partial charge in [-0.3, -0.25) is 9.52 Å². The molecule has 2 aromatic carbocycles. The van der Waals surface area contributed by atoms with Crippen LogP contribution in [0.4, 0.5) is 5.69 Å². The minimum atomic E-state index is -3.76. The normalized spacial score (nSPS) is 14.9. The Morgan fingerprint density at radius 3 is 2.46 bits per heavy atom. The molecule has 1 heterocycles. The third-order valence-electron chi connectivity index (χ3n) is 4.67. The van der Waals surface area contributed by atoms with Gasteiger partial charge in [-0.15, -0.1) is 0 Å². The molecule has 2 aromatic rings. The van der Waals surface area contributed by atoms with Crippen LogP contribution in [-0.4, -0.2) is 32.3 Å². The van der Waals surface area contributed by atoms with Crippen LogP contribution in [0, 0.1) is 13.8 Å². The van der Waals surface area contributed by atoms with E-state index in [2.05, 4.69) is 4.72 Å². The van der Waals surface area contributed by atoms with Gasteiger partial charge < -0.3 is 4.90 Å². The lowest BCUT2D eigenvalue weighted by molar-refractivity contribution is 0.0724. The molecule has 0 spiro atoms. The summed E-state index contributed by atoms with van der Waals surface area (Å²) >= 11 is 0. The fraction of sp³-hybridized carbons (Fsp3) is 0.350. The van der Waals surface area contributed by atoms with Gasteiger partial charge in [0.25, 0.3) is 15.9 Å². The number of aryl methyl sites for hydroxylation is 2. The van der Waals surface area contributed by atoms with Gasteiger partial charge >= 0.3 is 0 Å². The van der Waals surface area contributed by atoms with Gasteiger partial charge in [-0.05, 0) is 68.5 Å². The molecule has 0 saturated carbocycles. The second-order valence-corrected chi connectivity index (χ2v) is 8.49. The number of likely N-dealkylation sites (tertiary alicyclic amines) is 1. The Labute approximate surface area is 155 Å². The largest absolute Gasteiger partial charge is 0.339 e. The molecule has 138 valence electrons. The van der Waals surface area contributed by atoms with E-state index in [0.717, 1.165) is 43.5 Å². The van der Waals surface area contributed by atoms with Gasteiger partial charge in [-0.25, -0.2) is 8.42 Å². The number of amides is 1. The molecular formula is C20H24N2O3S. The van der Waals surface area contributed by atoms with Crippen LogP contribution in [0.2, 0.25) is 0 Å². The first-order valence-electron chi connectivity index (χ1n) is 8.86. The maximum atomic E-state index is 12.8. The highest BCUT2D eigenvalue weighted by Crippen LogP contribution is 2.22. The Morgan fingerprint density at radius 1 is 1.00 bits per heavy atom. The zero-order valence-corrected chi connectivity index (χ0v) is 16.0. The van der Waals surface area contributed by atoms with Crippen LogP contribution >= 0.6 is 0 Å². The summed E-state index contributed by atoms with van der Waals surface area (Å²) < 4.78 is 28.2. The highest BCUT2D eigenvalue weighted by atomic mass is 32.2. The molecule has 0 atom stereocenters. The molecule has 6 heteroatoms. The van der Waals surface area contributed by atoms with Crippen molar-refractivity contribution in [2.75, 3.05) is 17.8 Å². The van der Waals surface area contributed by atoms with E-state index in [1.54, 1.807) is 23.1 Å². The number of carbonyl (C=O) groups is 1. The molecule has 1 aliphatic heterocycles. The number of benzene rings is 2. The van der Waals surface area contributed by atoms with Crippen LogP contribution in [0.3, 0.4) is 0 Å². The molecule has 1 N–H and O–H groups in total. The Bertz CT molecular complexity index is 916. The van der Waals surface area contributed by atoms with Crippen molar-refractivity contribution >= 4 is 21.6 Å². The van der Waals surface area contributed by atoms with Gasteiger partial charge in [0, 0.05) is 18.7 Å². The van der Waals surface area contributed by atoms with Crippen LogP contribution in [0.5, 0.6) is 0 Å². The van der Waals surface area contributed by atoms with Crippen LogP contribution in [0.15, 0.2) is 47.4 Å². The number of nitrogens with zero attached hydrogens (tertiary/aromatic N) is 1. The molecule has 0 bridgehead atoms. The van der Waals surface area contributed by atoms with E-state index in [0.29, 0.717) is 11.3 Å². The van der Waals surface area contributed by atoms with Gasteiger partial charge in [-0.1, -0.05) is 18.2 Å². The van der Waals surface area contributed by atoms with E-state index in [1.165, 1.54) is 12.1 Å². The molecule has 1 saturated heterocycles. The summed E-state index contributed by atoms with van der Waals surface area (Å²) in [5.74, 6) is -0.103. The number of nitrogens with one attached hydrogen (secondary N) is 1. The van der Waals surface area contributed by atoms with Crippen molar-refractivity contribution < 1.29 is 13.2 Å². The topological polar surface area (TPSA) is 66.5 Å². The Kier molecular flexibility index (Phi) is 5.32. The number of hydrogen-bond donors (Lipinski definition) is 1. The van der Waals surface area contributed by atoms with Gasteiger partial charge in [-0.2, -0.15) is 0 Å². The first-order chi connectivity index (χ1) is 12.4. The van der Waals surface area contributed by atoms with Crippen molar-refractivity contribution in [3.8, 4) is 0 Å². The monoisotopic (exact) mass is 372 g/mol. The summed E-state index contributed by atoms with van der Waals surface area (Å²) in [5, 5.41) is 0. The van der Waals surface area contributed by atoms with E-state index in [9.17, 15) is 13.2 Å². The molecule has 26 heavy (non-hydrogen) atoms. The molecule has 0 aliphatic carbocycles.